The van der Waals surface area contributed by atoms with Crippen molar-refractivity contribution in [3.63, 3.8) is 0 Å². The van der Waals surface area contributed by atoms with Gasteiger partial charge in [0.2, 0.25) is 0 Å². The summed E-state index contributed by atoms with van der Waals surface area (Å²) in [6.45, 7) is 10.5. The van der Waals surface area contributed by atoms with Crippen molar-refractivity contribution in [3.05, 3.63) is 96.7 Å². The van der Waals surface area contributed by atoms with Gasteiger partial charge >= 0.3 is 5.97 Å². The van der Waals surface area contributed by atoms with Crippen LogP contribution in [0.2, 0.25) is 0 Å². The summed E-state index contributed by atoms with van der Waals surface area (Å²) in [5, 5.41) is 10.6. The number of thiazole rings is 1. The molecule has 0 aliphatic carbocycles. The molecule has 0 saturated carbocycles. The molecule has 4 rings (SSSR count). The normalized spacial score (nSPS) is 14.8. The molecule has 0 amide bonds. The molecule has 1 aliphatic rings. The van der Waals surface area contributed by atoms with Crippen LogP contribution in [-0.4, -0.2) is 49.2 Å². The second-order valence-electron chi connectivity index (χ2n) is 9.55. The minimum atomic E-state index is -0.818. The number of para-hydroxylation sites is 1. The highest BCUT2D eigenvalue weighted by Gasteiger charge is 2.35. The zero-order valence-electron chi connectivity index (χ0n) is 24.3. The summed E-state index contributed by atoms with van der Waals surface area (Å²) >= 11 is 1.22. The van der Waals surface area contributed by atoms with Crippen molar-refractivity contribution in [2.24, 2.45) is 4.99 Å². The Morgan fingerprint density at radius 3 is 2.64 bits per heavy atom. The molecule has 222 valence electrons. The zero-order valence-corrected chi connectivity index (χ0v) is 25.2. The van der Waals surface area contributed by atoms with E-state index < -0.39 is 12.0 Å². The lowest BCUT2D eigenvalue weighted by atomic mass is 9.95. The Balaban J connectivity index is 1.93. The van der Waals surface area contributed by atoms with Crippen LogP contribution in [0.1, 0.15) is 49.9 Å². The fourth-order valence-corrected chi connectivity index (χ4v) is 5.77. The fraction of sp³-hybridized carbons (Fsp3) is 0.344. The van der Waals surface area contributed by atoms with Crippen LogP contribution in [-0.2, 0) is 20.7 Å². The molecular weight excluding hydrogens is 556 g/mol. The van der Waals surface area contributed by atoms with Crippen LogP contribution in [0.25, 0.3) is 6.08 Å². The van der Waals surface area contributed by atoms with Crippen LogP contribution in [0.5, 0.6) is 17.2 Å². The number of benzene rings is 2. The van der Waals surface area contributed by atoms with Gasteiger partial charge in [0.25, 0.3) is 5.56 Å². The predicted molar refractivity (Wildman–Crippen MR) is 162 cm³/mol. The maximum atomic E-state index is 14.1. The number of phenolic OH excluding ortho intramolecular Hbond substituents is 1. The Morgan fingerprint density at radius 2 is 1.93 bits per heavy atom. The van der Waals surface area contributed by atoms with E-state index in [0.717, 1.165) is 6.42 Å². The fourth-order valence-electron chi connectivity index (χ4n) is 4.72. The van der Waals surface area contributed by atoms with Crippen LogP contribution < -0.4 is 24.4 Å². The number of phenols is 1. The number of hydrogen-bond donors (Lipinski definition) is 1. The van der Waals surface area contributed by atoms with E-state index in [0.29, 0.717) is 62.9 Å². The number of esters is 1. The smallest absolute Gasteiger partial charge is 0.338 e. The van der Waals surface area contributed by atoms with Crippen LogP contribution in [0, 0.1) is 0 Å². The lowest BCUT2D eigenvalue weighted by Gasteiger charge is -2.26. The average Bonchev–Trinajstić information content (AvgIpc) is 3.27. The van der Waals surface area contributed by atoms with Gasteiger partial charge in [-0.25, -0.2) is 9.79 Å². The number of allylic oxidation sites excluding steroid dienone is 2. The second-order valence-corrected chi connectivity index (χ2v) is 10.6. The second kappa shape index (κ2) is 14.2. The van der Waals surface area contributed by atoms with Crippen molar-refractivity contribution in [2.45, 2.75) is 39.7 Å². The highest BCUT2D eigenvalue weighted by atomic mass is 32.1. The Hall–Kier alpha value is -4.15. The molecule has 1 aromatic heterocycles. The number of fused-ring (bicyclic) bond motifs is 1. The maximum Gasteiger partial charge on any atom is 0.338 e. The first-order chi connectivity index (χ1) is 20.3. The summed E-state index contributed by atoms with van der Waals surface area (Å²) < 4.78 is 24.2. The minimum Gasteiger partial charge on any atom is -0.504 e. The molecule has 1 atom stereocenters. The van der Waals surface area contributed by atoms with E-state index in [9.17, 15) is 14.7 Å². The largest absolute Gasteiger partial charge is 0.504 e. The monoisotopic (exact) mass is 592 g/mol. The summed E-state index contributed by atoms with van der Waals surface area (Å²) in [5.74, 6) is 0.371. The molecule has 10 heteroatoms. The number of carbonyl (C=O) groups excluding carboxylic acids is 1. The first kappa shape index (κ1) is 30.8. The van der Waals surface area contributed by atoms with Crippen LogP contribution in [0.4, 0.5) is 0 Å². The van der Waals surface area contributed by atoms with Crippen molar-refractivity contribution in [1.82, 2.24) is 4.57 Å². The van der Waals surface area contributed by atoms with Crippen molar-refractivity contribution < 1.29 is 28.8 Å². The molecule has 0 bridgehead atoms. The molecule has 0 radical (unpaired) electrons. The highest BCUT2D eigenvalue weighted by molar-refractivity contribution is 7.07. The molecule has 2 heterocycles. The van der Waals surface area contributed by atoms with E-state index in [1.54, 1.807) is 31.2 Å². The number of aromatic hydroxyl groups is 1. The van der Waals surface area contributed by atoms with Gasteiger partial charge in [0, 0.05) is 18.2 Å². The first-order valence-electron chi connectivity index (χ1n) is 13.8. The standard InChI is InChI=1S/C32H36N2O7S/c1-6-11-22-17-21(18-25(29(22)35)39-8-3)19-26-30(36)34-28(23-12-9-10-13-24(23)40-14-7-2)27(20(4)33-32(34)42-26)31(37)41-16-15-38-5/h6,9-10,12-13,17-19,28,35H,1,7-8,11,14-16H2,2-5H3/b26-19+/t28-/m1/s1. The Morgan fingerprint density at radius 1 is 1.14 bits per heavy atom. The first-order valence-corrected chi connectivity index (χ1v) is 14.7. The van der Waals surface area contributed by atoms with Crippen molar-refractivity contribution in [2.75, 3.05) is 33.5 Å². The molecular formula is C32H36N2O7S. The summed E-state index contributed by atoms with van der Waals surface area (Å²) in [6, 6.07) is 10.1. The molecule has 0 fully saturated rings. The average molecular weight is 593 g/mol. The molecule has 2 aromatic carbocycles. The third-order valence-corrected chi connectivity index (χ3v) is 7.56. The predicted octanol–water partition coefficient (Wildman–Crippen LogP) is 4.05. The molecule has 0 unspecified atom stereocenters. The van der Waals surface area contributed by atoms with E-state index in [4.69, 9.17) is 18.9 Å². The number of rotatable bonds is 13. The Kier molecular flexibility index (Phi) is 10.4. The van der Waals surface area contributed by atoms with Crippen LogP contribution >= 0.6 is 11.3 Å². The number of hydrogen-bond acceptors (Lipinski definition) is 9. The summed E-state index contributed by atoms with van der Waals surface area (Å²) in [5.41, 5.74) is 2.36. The third-order valence-electron chi connectivity index (χ3n) is 6.58. The van der Waals surface area contributed by atoms with E-state index in [-0.39, 0.29) is 30.1 Å². The van der Waals surface area contributed by atoms with E-state index >= 15 is 0 Å². The summed E-state index contributed by atoms with van der Waals surface area (Å²) in [4.78, 5) is 32.7. The molecule has 1 aliphatic heterocycles. The van der Waals surface area contributed by atoms with Crippen molar-refractivity contribution in [1.29, 1.82) is 0 Å². The van der Waals surface area contributed by atoms with Gasteiger partial charge in [-0.3, -0.25) is 9.36 Å². The van der Waals surface area contributed by atoms with Gasteiger partial charge in [-0.15, -0.1) is 6.58 Å². The number of methoxy groups -OCH3 is 1. The number of ether oxygens (including phenoxy) is 4. The van der Waals surface area contributed by atoms with Gasteiger partial charge in [-0.1, -0.05) is 42.5 Å². The highest BCUT2D eigenvalue weighted by Crippen LogP contribution is 2.36. The summed E-state index contributed by atoms with van der Waals surface area (Å²) in [6.07, 6.45) is 4.65. The van der Waals surface area contributed by atoms with Gasteiger partial charge in [-0.05, 0) is 56.5 Å². The van der Waals surface area contributed by atoms with E-state index in [2.05, 4.69) is 11.6 Å². The topological polar surface area (TPSA) is 109 Å². The molecule has 42 heavy (non-hydrogen) atoms. The lowest BCUT2D eigenvalue weighted by molar-refractivity contribution is -0.140. The number of aromatic nitrogens is 1. The van der Waals surface area contributed by atoms with Gasteiger partial charge in [0.15, 0.2) is 16.3 Å². The van der Waals surface area contributed by atoms with E-state index in [1.807, 2.05) is 38.1 Å². The van der Waals surface area contributed by atoms with Crippen molar-refractivity contribution >= 4 is 23.4 Å². The molecule has 0 saturated heterocycles. The maximum absolute atomic E-state index is 14.1. The molecule has 3 aromatic rings. The molecule has 1 N–H and O–H groups in total. The third kappa shape index (κ3) is 6.50. The summed E-state index contributed by atoms with van der Waals surface area (Å²) in [7, 11) is 1.53. The van der Waals surface area contributed by atoms with Crippen LogP contribution in [0.15, 0.2) is 70.1 Å². The van der Waals surface area contributed by atoms with E-state index in [1.165, 1.54) is 23.0 Å². The van der Waals surface area contributed by atoms with Crippen LogP contribution in [0.3, 0.4) is 0 Å². The minimum absolute atomic E-state index is 0.0475. The van der Waals surface area contributed by atoms with Gasteiger partial charge in [0.05, 0.1) is 35.6 Å². The zero-order chi connectivity index (χ0) is 30.2. The number of nitrogens with zero attached hydrogens (tertiary/aromatic N) is 2. The Labute approximate surface area is 248 Å². The SMILES string of the molecule is C=CCc1cc(/C=c2/sc3n(c2=O)[C@H](c2ccccc2OCCC)C(C(=O)OCCOC)=C(C)N=3)cc(OCC)c1O. The molecule has 0 spiro atoms. The quantitative estimate of drug-likeness (QED) is 0.181. The molecule has 9 nitrogen and oxygen atoms in total. The Bertz CT molecular complexity index is 1670. The van der Waals surface area contributed by atoms with Gasteiger partial charge < -0.3 is 24.1 Å². The van der Waals surface area contributed by atoms with Crippen molar-refractivity contribution in [3.8, 4) is 17.2 Å². The van der Waals surface area contributed by atoms with Gasteiger partial charge in [0.1, 0.15) is 18.4 Å². The lowest BCUT2D eigenvalue weighted by Crippen LogP contribution is -2.40. The number of carbonyl (C=O) groups is 1. The van der Waals surface area contributed by atoms with Gasteiger partial charge in [-0.2, -0.15) is 0 Å².